The first-order valence-electron chi connectivity index (χ1n) is 6.79. The van der Waals surface area contributed by atoms with Crippen molar-refractivity contribution in [1.29, 1.82) is 0 Å². The molecule has 0 amide bonds. The van der Waals surface area contributed by atoms with Gasteiger partial charge in [0.05, 0.1) is 0 Å². The zero-order valence-electron chi connectivity index (χ0n) is 11.0. The molecule has 2 atom stereocenters. The topological polar surface area (TPSA) is 12.0 Å². The van der Waals surface area contributed by atoms with E-state index in [9.17, 15) is 0 Å². The van der Waals surface area contributed by atoms with Crippen molar-refractivity contribution < 1.29 is 0 Å². The van der Waals surface area contributed by atoms with Crippen molar-refractivity contribution in [3.63, 3.8) is 0 Å². The Hall–Kier alpha value is -0.240. The summed E-state index contributed by atoms with van der Waals surface area (Å²) in [4.78, 5) is 0. The van der Waals surface area contributed by atoms with Crippen molar-refractivity contribution in [3.05, 3.63) is 33.8 Å². The number of benzene rings is 1. The van der Waals surface area contributed by atoms with Crippen LogP contribution in [0.4, 0.5) is 0 Å². The van der Waals surface area contributed by atoms with Crippen LogP contribution < -0.4 is 5.32 Å². The Bertz CT molecular complexity index is 399. The monoisotopic (exact) mass is 285 g/mol. The average molecular weight is 286 g/mol. The number of rotatable bonds is 4. The van der Waals surface area contributed by atoms with E-state index in [2.05, 4.69) is 19.2 Å². The Balaban J connectivity index is 2.02. The normalized spacial score (nSPS) is 20.0. The van der Waals surface area contributed by atoms with Gasteiger partial charge in [0, 0.05) is 22.1 Å². The molecule has 1 aliphatic carbocycles. The maximum atomic E-state index is 6.24. The van der Waals surface area contributed by atoms with E-state index < -0.39 is 0 Å². The van der Waals surface area contributed by atoms with E-state index >= 15 is 0 Å². The zero-order chi connectivity index (χ0) is 13.1. The summed E-state index contributed by atoms with van der Waals surface area (Å²) >= 11 is 12.3. The highest BCUT2D eigenvalue weighted by Gasteiger charge is 2.23. The van der Waals surface area contributed by atoms with Gasteiger partial charge in [-0.3, -0.25) is 0 Å². The fraction of sp³-hybridized carbons (Fsp3) is 0.600. The third kappa shape index (κ3) is 3.40. The third-order valence-corrected chi connectivity index (χ3v) is 4.62. The maximum absolute atomic E-state index is 6.24. The molecule has 2 rings (SSSR count). The highest BCUT2D eigenvalue weighted by Crippen LogP contribution is 2.31. The number of hydrogen-bond donors (Lipinski definition) is 1. The molecule has 1 saturated carbocycles. The van der Waals surface area contributed by atoms with E-state index in [1.807, 2.05) is 18.2 Å². The van der Waals surface area contributed by atoms with Crippen molar-refractivity contribution in [1.82, 2.24) is 5.32 Å². The number of nitrogens with one attached hydrogen (secondary N) is 1. The van der Waals surface area contributed by atoms with E-state index in [-0.39, 0.29) is 6.04 Å². The minimum atomic E-state index is 0.242. The summed E-state index contributed by atoms with van der Waals surface area (Å²) in [6.07, 6.45) is 5.46. The summed E-state index contributed by atoms with van der Waals surface area (Å²) in [5.41, 5.74) is 1.09. The summed E-state index contributed by atoms with van der Waals surface area (Å²) < 4.78 is 0. The average Bonchev–Trinajstić information content (AvgIpc) is 2.85. The molecule has 0 bridgehead atoms. The van der Waals surface area contributed by atoms with Crippen LogP contribution in [0.2, 0.25) is 10.0 Å². The lowest BCUT2D eigenvalue weighted by Gasteiger charge is -2.25. The van der Waals surface area contributed by atoms with Crippen molar-refractivity contribution >= 4 is 23.2 Å². The molecule has 3 heteroatoms. The molecule has 1 nitrogen and oxygen atoms in total. The molecule has 0 spiro atoms. The lowest BCUT2D eigenvalue weighted by atomic mass is 9.98. The maximum Gasteiger partial charge on any atom is 0.0454 e. The molecule has 1 aromatic carbocycles. The molecular weight excluding hydrogens is 265 g/mol. The van der Waals surface area contributed by atoms with Crippen LogP contribution >= 0.6 is 23.2 Å². The third-order valence-electron chi connectivity index (χ3n) is 4.04. The fourth-order valence-corrected chi connectivity index (χ4v) is 3.39. The smallest absolute Gasteiger partial charge is 0.0454 e. The Morgan fingerprint density at radius 3 is 2.50 bits per heavy atom. The van der Waals surface area contributed by atoms with Gasteiger partial charge in [-0.25, -0.2) is 0 Å². The molecular formula is C15H21Cl2N. The van der Waals surface area contributed by atoms with Crippen LogP contribution in [0.15, 0.2) is 18.2 Å². The lowest BCUT2D eigenvalue weighted by molar-refractivity contribution is 0.352. The minimum Gasteiger partial charge on any atom is -0.307 e. The molecule has 0 radical (unpaired) electrons. The fourth-order valence-electron chi connectivity index (χ4n) is 2.92. The Morgan fingerprint density at radius 2 is 1.83 bits per heavy atom. The highest BCUT2D eigenvalue weighted by atomic mass is 35.5. The second-order valence-electron chi connectivity index (χ2n) is 5.39. The molecule has 0 aromatic heterocycles. The van der Waals surface area contributed by atoms with Gasteiger partial charge in [0.1, 0.15) is 0 Å². The van der Waals surface area contributed by atoms with Crippen LogP contribution in [0.25, 0.3) is 0 Å². The van der Waals surface area contributed by atoms with Gasteiger partial charge in [-0.2, -0.15) is 0 Å². The molecule has 0 heterocycles. The largest absolute Gasteiger partial charge is 0.307 e. The van der Waals surface area contributed by atoms with Crippen molar-refractivity contribution in [2.45, 2.75) is 51.6 Å². The molecule has 1 fully saturated rings. The zero-order valence-corrected chi connectivity index (χ0v) is 12.6. The highest BCUT2D eigenvalue weighted by molar-refractivity contribution is 6.33. The van der Waals surface area contributed by atoms with Crippen LogP contribution in [0.1, 0.15) is 51.1 Å². The molecule has 100 valence electrons. The molecule has 1 aliphatic rings. The minimum absolute atomic E-state index is 0.242. The molecule has 1 aromatic rings. The van der Waals surface area contributed by atoms with Crippen LogP contribution in [-0.4, -0.2) is 6.04 Å². The molecule has 0 aliphatic heterocycles. The van der Waals surface area contributed by atoms with E-state index in [0.717, 1.165) is 21.5 Å². The van der Waals surface area contributed by atoms with Crippen LogP contribution in [0.3, 0.4) is 0 Å². The van der Waals surface area contributed by atoms with Gasteiger partial charge >= 0.3 is 0 Å². The van der Waals surface area contributed by atoms with Crippen molar-refractivity contribution in [2.24, 2.45) is 5.92 Å². The summed E-state index contributed by atoms with van der Waals surface area (Å²) in [5.74, 6) is 0.811. The van der Waals surface area contributed by atoms with E-state index in [1.165, 1.54) is 25.7 Å². The summed E-state index contributed by atoms with van der Waals surface area (Å²) in [6, 6.07) is 6.45. The van der Waals surface area contributed by atoms with Gasteiger partial charge in [0.2, 0.25) is 0 Å². The van der Waals surface area contributed by atoms with Crippen LogP contribution in [0, 0.1) is 5.92 Å². The number of halogens is 2. The van der Waals surface area contributed by atoms with Gasteiger partial charge in [0.15, 0.2) is 0 Å². The van der Waals surface area contributed by atoms with Crippen LogP contribution in [-0.2, 0) is 0 Å². The Morgan fingerprint density at radius 1 is 1.17 bits per heavy atom. The second kappa shape index (κ2) is 6.27. The van der Waals surface area contributed by atoms with Crippen molar-refractivity contribution in [2.75, 3.05) is 0 Å². The summed E-state index contributed by atoms with van der Waals surface area (Å²) in [7, 11) is 0. The molecule has 18 heavy (non-hydrogen) atoms. The first-order valence-corrected chi connectivity index (χ1v) is 7.54. The van der Waals surface area contributed by atoms with Gasteiger partial charge in [-0.05, 0) is 56.4 Å². The van der Waals surface area contributed by atoms with Gasteiger partial charge < -0.3 is 5.32 Å². The molecule has 0 saturated heterocycles. The van der Waals surface area contributed by atoms with Gasteiger partial charge in [-0.1, -0.05) is 36.0 Å². The quantitative estimate of drug-likeness (QED) is 0.799. The molecule has 1 N–H and O–H groups in total. The SMILES string of the molecule is CC(N[C@H](C)C1CCCC1)c1cc(Cl)ccc1Cl. The summed E-state index contributed by atoms with van der Waals surface area (Å²) in [5, 5.41) is 5.20. The second-order valence-corrected chi connectivity index (χ2v) is 6.23. The van der Waals surface area contributed by atoms with E-state index in [1.54, 1.807) is 0 Å². The van der Waals surface area contributed by atoms with E-state index in [0.29, 0.717) is 6.04 Å². The van der Waals surface area contributed by atoms with E-state index in [4.69, 9.17) is 23.2 Å². The van der Waals surface area contributed by atoms with Crippen LogP contribution in [0.5, 0.6) is 0 Å². The van der Waals surface area contributed by atoms with Gasteiger partial charge in [0.25, 0.3) is 0 Å². The molecule has 1 unspecified atom stereocenters. The standard InChI is InChI=1S/C15H21Cl2N/c1-10(12-5-3-4-6-12)18-11(2)14-9-13(16)7-8-15(14)17/h7-12,18H,3-6H2,1-2H3/t10-,11?/m1/s1. The van der Waals surface area contributed by atoms with Gasteiger partial charge in [-0.15, -0.1) is 0 Å². The summed E-state index contributed by atoms with van der Waals surface area (Å²) in [6.45, 7) is 4.44. The first-order chi connectivity index (χ1) is 8.58. The van der Waals surface area contributed by atoms with Crippen molar-refractivity contribution in [3.8, 4) is 0 Å². The Kier molecular flexibility index (Phi) is 4.94. The first kappa shape index (κ1) is 14.2. The predicted molar refractivity (Wildman–Crippen MR) is 79.4 cm³/mol. The number of hydrogen-bond acceptors (Lipinski definition) is 1. The lowest BCUT2D eigenvalue weighted by Crippen LogP contribution is -2.34. The predicted octanol–water partition coefficient (Wildman–Crippen LogP) is 5.22. The Labute approximate surface area is 120 Å².